The molecule has 2 unspecified atom stereocenters. The molecule has 1 aliphatic heterocycles. The van der Waals surface area contributed by atoms with Crippen LogP contribution in [0.3, 0.4) is 0 Å². The predicted molar refractivity (Wildman–Crippen MR) is 61.6 cm³/mol. The summed E-state index contributed by atoms with van der Waals surface area (Å²) in [4.78, 5) is 23.9. The highest BCUT2D eigenvalue weighted by molar-refractivity contribution is 5.74. The van der Waals surface area contributed by atoms with Crippen molar-refractivity contribution in [3.05, 3.63) is 0 Å². The van der Waals surface area contributed by atoms with Gasteiger partial charge in [0, 0.05) is 32.2 Å². The van der Waals surface area contributed by atoms with E-state index in [9.17, 15) is 9.59 Å². The number of carbonyl (C=O) groups is 2. The summed E-state index contributed by atoms with van der Waals surface area (Å²) in [5.41, 5.74) is 0. The van der Waals surface area contributed by atoms with Gasteiger partial charge in [-0.3, -0.25) is 4.79 Å². The number of aliphatic hydroxyl groups is 1. The van der Waals surface area contributed by atoms with Crippen LogP contribution in [0.1, 0.15) is 19.8 Å². The molecule has 6 heteroatoms. The lowest BCUT2D eigenvalue weighted by Crippen LogP contribution is -2.39. The first-order valence-corrected chi connectivity index (χ1v) is 5.91. The fraction of sp³-hybridized carbons (Fsp3) is 0.818. The Labute approximate surface area is 101 Å². The second-order valence-electron chi connectivity index (χ2n) is 4.54. The highest BCUT2D eigenvalue weighted by atomic mass is 16.4. The van der Waals surface area contributed by atoms with Gasteiger partial charge in [0.25, 0.3) is 0 Å². The first kappa shape index (κ1) is 13.8. The summed E-state index contributed by atoms with van der Waals surface area (Å²) in [6.45, 7) is 3.33. The summed E-state index contributed by atoms with van der Waals surface area (Å²) in [6.07, 6.45) is 1.26. The average molecular weight is 244 g/mol. The fourth-order valence-corrected chi connectivity index (χ4v) is 1.80. The monoisotopic (exact) mass is 244 g/mol. The molecule has 98 valence electrons. The van der Waals surface area contributed by atoms with Crippen LogP contribution in [-0.4, -0.2) is 53.4 Å². The lowest BCUT2D eigenvalue weighted by molar-refractivity contribution is -0.141. The third-order valence-corrected chi connectivity index (χ3v) is 3.11. The van der Waals surface area contributed by atoms with Gasteiger partial charge in [-0.25, -0.2) is 4.79 Å². The third-order valence-electron chi connectivity index (χ3n) is 3.11. The van der Waals surface area contributed by atoms with Gasteiger partial charge in [0.15, 0.2) is 0 Å². The number of likely N-dealkylation sites (tertiary alicyclic amines) is 1. The van der Waals surface area contributed by atoms with Gasteiger partial charge >= 0.3 is 12.0 Å². The van der Waals surface area contributed by atoms with Crippen LogP contribution in [0.2, 0.25) is 0 Å². The average Bonchev–Trinajstić information content (AvgIpc) is 2.77. The molecule has 6 nitrogen and oxygen atoms in total. The highest BCUT2D eigenvalue weighted by Crippen LogP contribution is 2.15. The van der Waals surface area contributed by atoms with Crippen LogP contribution < -0.4 is 5.32 Å². The van der Waals surface area contributed by atoms with Gasteiger partial charge < -0.3 is 20.4 Å². The second kappa shape index (κ2) is 6.44. The molecule has 0 saturated carbocycles. The standard InChI is InChI=1S/C11H20N2O4/c1-8(10(15)16)2-4-12-11(17)13-5-3-9(6-13)7-14/h8-9,14H,2-7H2,1H3,(H,12,17)(H,15,16). The lowest BCUT2D eigenvalue weighted by Gasteiger charge is -2.17. The Morgan fingerprint density at radius 2 is 2.24 bits per heavy atom. The maximum absolute atomic E-state index is 11.6. The van der Waals surface area contributed by atoms with E-state index in [1.165, 1.54) is 0 Å². The summed E-state index contributed by atoms with van der Waals surface area (Å²) in [6, 6.07) is -0.168. The van der Waals surface area contributed by atoms with Gasteiger partial charge in [-0.15, -0.1) is 0 Å². The third kappa shape index (κ3) is 4.22. The number of hydrogen-bond acceptors (Lipinski definition) is 3. The largest absolute Gasteiger partial charge is 0.481 e. The zero-order chi connectivity index (χ0) is 12.8. The van der Waals surface area contributed by atoms with Crippen molar-refractivity contribution in [2.75, 3.05) is 26.2 Å². The number of rotatable bonds is 5. The molecule has 0 aliphatic carbocycles. The molecule has 3 N–H and O–H groups in total. The Morgan fingerprint density at radius 1 is 1.53 bits per heavy atom. The van der Waals surface area contributed by atoms with E-state index >= 15 is 0 Å². The minimum absolute atomic E-state index is 0.111. The van der Waals surface area contributed by atoms with Gasteiger partial charge in [0.05, 0.1) is 5.92 Å². The second-order valence-corrected chi connectivity index (χ2v) is 4.54. The van der Waals surface area contributed by atoms with Gasteiger partial charge in [0.1, 0.15) is 0 Å². The maximum atomic E-state index is 11.6. The van der Waals surface area contributed by atoms with Crippen molar-refractivity contribution in [3.63, 3.8) is 0 Å². The Hall–Kier alpha value is -1.30. The van der Waals surface area contributed by atoms with E-state index < -0.39 is 11.9 Å². The first-order chi connectivity index (χ1) is 8.04. The molecule has 0 aromatic heterocycles. The Balaban J connectivity index is 2.20. The number of carboxylic acids is 1. The van der Waals surface area contributed by atoms with Crippen molar-refractivity contribution in [1.82, 2.24) is 10.2 Å². The van der Waals surface area contributed by atoms with Crippen LogP contribution in [0, 0.1) is 11.8 Å². The van der Waals surface area contributed by atoms with E-state index in [2.05, 4.69) is 5.32 Å². The van der Waals surface area contributed by atoms with E-state index in [1.807, 2.05) is 0 Å². The van der Waals surface area contributed by atoms with E-state index in [0.29, 0.717) is 26.1 Å². The van der Waals surface area contributed by atoms with E-state index in [4.69, 9.17) is 10.2 Å². The summed E-state index contributed by atoms with van der Waals surface area (Å²) in [5.74, 6) is -1.11. The van der Waals surface area contributed by atoms with Crippen LogP contribution in [0.5, 0.6) is 0 Å². The zero-order valence-corrected chi connectivity index (χ0v) is 10.1. The number of carbonyl (C=O) groups excluding carboxylic acids is 1. The van der Waals surface area contributed by atoms with Gasteiger partial charge in [-0.1, -0.05) is 6.92 Å². The zero-order valence-electron chi connectivity index (χ0n) is 10.1. The minimum atomic E-state index is -0.847. The molecule has 1 rings (SSSR count). The molecular weight excluding hydrogens is 224 g/mol. The molecule has 2 atom stereocenters. The van der Waals surface area contributed by atoms with Crippen molar-refractivity contribution in [2.45, 2.75) is 19.8 Å². The Bertz CT molecular complexity index is 283. The first-order valence-electron chi connectivity index (χ1n) is 5.91. The van der Waals surface area contributed by atoms with Gasteiger partial charge in [-0.05, 0) is 12.8 Å². The minimum Gasteiger partial charge on any atom is -0.481 e. The maximum Gasteiger partial charge on any atom is 0.317 e. The fourth-order valence-electron chi connectivity index (χ4n) is 1.80. The molecule has 1 fully saturated rings. The molecule has 17 heavy (non-hydrogen) atoms. The highest BCUT2D eigenvalue weighted by Gasteiger charge is 2.25. The van der Waals surface area contributed by atoms with E-state index in [0.717, 1.165) is 6.42 Å². The summed E-state index contributed by atoms with van der Waals surface area (Å²) in [7, 11) is 0. The number of carboxylic acid groups (broad SMARTS) is 1. The predicted octanol–water partition coefficient (Wildman–Crippen LogP) is 0.121. The van der Waals surface area contributed by atoms with Gasteiger partial charge in [0.2, 0.25) is 0 Å². The molecule has 0 aromatic carbocycles. The van der Waals surface area contributed by atoms with E-state index in [-0.39, 0.29) is 18.6 Å². The van der Waals surface area contributed by atoms with Crippen molar-refractivity contribution >= 4 is 12.0 Å². The molecule has 0 aromatic rings. The number of nitrogens with one attached hydrogen (secondary N) is 1. The number of urea groups is 1. The van der Waals surface area contributed by atoms with E-state index in [1.54, 1.807) is 11.8 Å². The Kier molecular flexibility index (Phi) is 5.21. The molecule has 1 aliphatic rings. The molecule has 1 heterocycles. The summed E-state index contributed by atoms with van der Waals surface area (Å²) in [5, 5.41) is 20.3. The smallest absolute Gasteiger partial charge is 0.317 e. The van der Waals surface area contributed by atoms with Crippen LogP contribution in [-0.2, 0) is 4.79 Å². The Morgan fingerprint density at radius 3 is 2.76 bits per heavy atom. The number of aliphatic carboxylic acids is 1. The SMILES string of the molecule is CC(CCNC(=O)N1CCC(CO)C1)C(=O)O. The van der Waals surface area contributed by atoms with Crippen molar-refractivity contribution in [3.8, 4) is 0 Å². The molecule has 1 saturated heterocycles. The lowest BCUT2D eigenvalue weighted by atomic mass is 10.1. The number of nitrogens with zero attached hydrogens (tertiary/aromatic N) is 1. The summed E-state index contributed by atoms with van der Waals surface area (Å²) < 4.78 is 0. The molecule has 2 amide bonds. The topological polar surface area (TPSA) is 89.9 Å². The van der Waals surface area contributed by atoms with Crippen LogP contribution in [0.4, 0.5) is 4.79 Å². The number of hydrogen-bond donors (Lipinski definition) is 3. The van der Waals surface area contributed by atoms with Crippen LogP contribution in [0.15, 0.2) is 0 Å². The van der Waals surface area contributed by atoms with Gasteiger partial charge in [-0.2, -0.15) is 0 Å². The molecular formula is C11H20N2O4. The van der Waals surface area contributed by atoms with Crippen LogP contribution >= 0.6 is 0 Å². The molecule has 0 bridgehead atoms. The quantitative estimate of drug-likeness (QED) is 0.641. The number of aliphatic hydroxyl groups excluding tert-OH is 1. The molecule has 0 spiro atoms. The normalized spacial score (nSPS) is 21.3. The van der Waals surface area contributed by atoms with Crippen LogP contribution in [0.25, 0.3) is 0 Å². The van der Waals surface area contributed by atoms with Crippen molar-refractivity contribution in [2.24, 2.45) is 11.8 Å². The summed E-state index contributed by atoms with van der Waals surface area (Å²) >= 11 is 0. The molecule has 0 radical (unpaired) electrons. The number of amides is 2. The van der Waals surface area contributed by atoms with Crippen molar-refractivity contribution < 1.29 is 19.8 Å². The van der Waals surface area contributed by atoms with Crippen molar-refractivity contribution in [1.29, 1.82) is 0 Å².